The Balaban J connectivity index is 1.07. The fourth-order valence-electron chi connectivity index (χ4n) is 4.28. The smallest absolute Gasteiger partial charge is 0.345 e. The number of benzene rings is 3. The monoisotopic (exact) mass is 559 g/mol. The van der Waals surface area contributed by atoms with Crippen molar-refractivity contribution in [2.24, 2.45) is 0 Å². The highest BCUT2D eigenvalue weighted by atomic mass is 16.5. The van der Waals surface area contributed by atoms with E-state index in [0.29, 0.717) is 23.6 Å². The second-order valence-electron chi connectivity index (χ2n) is 9.43. The van der Waals surface area contributed by atoms with Crippen LogP contribution >= 0.6 is 0 Å². The summed E-state index contributed by atoms with van der Waals surface area (Å²) in [6.45, 7) is 0.614. The van der Waals surface area contributed by atoms with Crippen molar-refractivity contribution in [3.05, 3.63) is 133 Å². The van der Waals surface area contributed by atoms with Crippen molar-refractivity contribution in [2.45, 2.75) is 12.5 Å². The largest absolute Gasteiger partial charge is 0.492 e. The first-order chi connectivity index (χ1) is 20.5. The van der Waals surface area contributed by atoms with Gasteiger partial charge in [-0.3, -0.25) is 14.8 Å². The summed E-state index contributed by atoms with van der Waals surface area (Å²) in [5, 5.41) is 12.6. The molecule has 8 nitrogen and oxygen atoms in total. The number of aromatic nitrogens is 2. The SMILES string of the molecule is O=C(NCCOc1ccc(CC(Oc2ccc(-c3ccccn3)cc2)C(=O)O)cc1)c1ccc(-c2ccccn2)cc1. The molecular formula is C34H29N3O5. The summed E-state index contributed by atoms with van der Waals surface area (Å²) >= 11 is 0. The molecule has 1 atom stereocenters. The maximum absolute atomic E-state index is 12.5. The minimum absolute atomic E-state index is 0.187. The lowest BCUT2D eigenvalue weighted by atomic mass is 10.1. The fourth-order valence-corrected chi connectivity index (χ4v) is 4.28. The topological polar surface area (TPSA) is 111 Å². The molecule has 0 aliphatic carbocycles. The highest BCUT2D eigenvalue weighted by molar-refractivity contribution is 5.94. The van der Waals surface area contributed by atoms with Crippen molar-refractivity contribution in [2.75, 3.05) is 13.2 Å². The van der Waals surface area contributed by atoms with Gasteiger partial charge in [-0.1, -0.05) is 36.4 Å². The van der Waals surface area contributed by atoms with Gasteiger partial charge in [0.15, 0.2) is 6.10 Å². The number of carboxylic acid groups (broad SMARTS) is 1. The number of amides is 1. The van der Waals surface area contributed by atoms with Crippen LogP contribution in [0.4, 0.5) is 0 Å². The third-order valence-electron chi connectivity index (χ3n) is 6.48. The summed E-state index contributed by atoms with van der Waals surface area (Å²) in [5.74, 6) is -0.155. The summed E-state index contributed by atoms with van der Waals surface area (Å²) in [5.41, 5.74) is 4.88. The van der Waals surface area contributed by atoms with Gasteiger partial charge in [0, 0.05) is 35.5 Å². The van der Waals surface area contributed by atoms with Gasteiger partial charge in [0.2, 0.25) is 0 Å². The minimum atomic E-state index is -1.05. The number of ether oxygens (including phenoxy) is 2. The zero-order valence-electron chi connectivity index (χ0n) is 22.7. The van der Waals surface area contributed by atoms with Gasteiger partial charge < -0.3 is 19.9 Å². The molecule has 2 heterocycles. The Kier molecular flexibility index (Phi) is 9.16. The standard InChI is InChI=1S/C34H29N3O5/c38-33(27-11-9-25(10-12-27)30-5-1-3-19-35-30)37-21-22-41-28-15-7-24(8-16-28)23-32(34(39)40)42-29-17-13-26(14-18-29)31-6-2-4-20-36-31/h1-20,32H,21-23H2,(H,37,38)(H,39,40). The van der Waals surface area contributed by atoms with Gasteiger partial charge in [0.05, 0.1) is 17.9 Å². The van der Waals surface area contributed by atoms with Gasteiger partial charge in [-0.2, -0.15) is 0 Å². The molecule has 0 fully saturated rings. The van der Waals surface area contributed by atoms with Crippen LogP contribution in [0.2, 0.25) is 0 Å². The molecule has 1 unspecified atom stereocenters. The first-order valence-corrected chi connectivity index (χ1v) is 13.5. The van der Waals surface area contributed by atoms with E-state index >= 15 is 0 Å². The van der Waals surface area contributed by atoms with Crippen LogP contribution in [-0.2, 0) is 11.2 Å². The van der Waals surface area contributed by atoms with Crippen LogP contribution in [0.3, 0.4) is 0 Å². The van der Waals surface area contributed by atoms with Gasteiger partial charge in [0.1, 0.15) is 18.1 Å². The predicted molar refractivity (Wildman–Crippen MR) is 159 cm³/mol. The lowest BCUT2D eigenvalue weighted by Crippen LogP contribution is -2.29. The molecule has 2 aromatic heterocycles. The number of rotatable bonds is 12. The second kappa shape index (κ2) is 13.7. The van der Waals surface area contributed by atoms with E-state index < -0.39 is 12.1 Å². The highest BCUT2D eigenvalue weighted by Crippen LogP contribution is 2.22. The van der Waals surface area contributed by atoms with Crippen LogP contribution < -0.4 is 14.8 Å². The number of aliphatic carboxylic acids is 1. The van der Waals surface area contributed by atoms with E-state index in [9.17, 15) is 14.7 Å². The summed E-state index contributed by atoms with van der Waals surface area (Å²) in [6.07, 6.45) is 2.59. The van der Waals surface area contributed by atoms with Crippen molar-refractivity contribution in [1.29, 1.82) is 0 Å². The van der Waals surface area contributed by atoms with Crippen molar-refractivity contribution in [1.82, 2.24) is 15.3 Å². The number of nitrogens with one attached hydrogen (secondary N) is 1. The summed E-state index contributed by atoms with van der Waals surface area (Å²) in [7, 11) is 0. The first-order valence-electron chi connectivity index (χ1n) is 13.5. The minimum Gasteiger partial charge on any atom is -0.492 e. The first kappa shape index (κ1) is 28.0. The third-order valence-corrected chi connectivity index (χ3v) is 6.48. The Morgan fingerprint density at radius 1 is 0.714 bits per heavy atom. The van der Waals surface area contributed by atoms with Crippen LogP contribution in [0.15, 0.2) is 122 Å². The molecule has 5 aromatic rings. The highest BCUT2D eigenvalue weighted by Gasteiger charge is 2.20. The second-order valence-corrected chi connectivity index (χ2v) is 9.43. The predicted octanol–water partition coefficient (Wildman–Crippen LogP) is 5.69. The average molecular weight is 560 g/mol. The Hall–Kier alpha value is -5.50. The number of carbonyl (C=O) groups excluding carboxylic acids is 1. The average Bonchev–Trinajstić information content (AvgIpc) is 3.04. The summed E-state index contributed by atoms with van der Waals surface area (Å²) in [6, 6.07) is 33.0. The van der Waals surface area contributed by atoms with Gasteiger partial charge in [-0.05, 0) is 78.4 Å². The number of pyridine rings is 2. The van der Waals surface area contributed by atoms with Crippen molar-refractivity contribution in [3.8, 4) is 34.0 Å². The summed E-state index contributed by atoms with van der Waals surface area (Å²) < 4.78 is 11.5. The maximum atomic E-state index is 12.5. The lowest BCUT2D eigenvalue weighted by molar-refractivity contribution is -0.145. The van der Waals surface area contributed by atoms with Gasteiger partial charge >= 0.3 is 5.97 Å². The van der Waals surface area contributed by atoms with E-state index in [0.717, 1.165) is 28.1 Å². The van der Waals surface area contributed by atoms with Crippen molar-refractivity contribution >= 4 is 11.9 Å². The molecule has 0 radical (unpaired) electrons. The number of hydrogen-bond donors (Lipinski definition) is 2. The van der Waals surface area contributed by atoms with Gasteiger partial charge in [-0.15, -0.1) is 0 Å². The Morgan fingerprint density at radius 2 is 1.29 bits per heavy atom. The molecule has 0 spiro atoms. The molecule has 3 aromatic carbocycles. The summed E-state index contributed by atoms with van der Waals surface area (Å²) in [4.78, 5) is 33.0. The van der Waals surface area contributed by atoms with E-state index in [1.807, 2.05) is 60.7 Å². The molecule has 42 heavy (non-hydrogen) atoms. The number of hydrogen-bond acceptors (Lipinski definition) is 6. The lowest BCUT2D eigenvalue weighted by Gasteiger charge is -2.16. The molecule has 1 amide bonds. The normalized spacial score (nSPS) is 11.3. The molecule has 8 heteroatoms. The molecule has 0 aliphatic heterocycles. The Bertz CT molecular complexity index is 1590. The molecule has 0 bridgehead atoms. The molecule has 5 rings (SSSR count). The van der Waals surface area contributed by atoms with Crippen LogP contribution in [-0.4, -0.2) is 46.2 Å². The van der Waals surface area contributed by atoms with E-state index in [1.165, 1.54) is 0 Å². The van der Waals surface area contributed by atoms with Crippen molar-refractivity contribution in [3.63, 3.8) is 0 Å². The Morgan fingerprint density at radius 3 is 1.83 bits per heavy atom. The van der Waals surface area contributed by atoms with Gasteiger partial charge in [0.25, 0.3) is 5.91 Å². The van der Waals surface area contributed by atoms with E-state index in [2.05, 4.69) is 15.3 Å². The maximum Gasteiger partial charge on any atom is 0.345 e. The molecule has 0 saturated heterocycles. The Labute approximate surface area is 243 Å². The zero-order chi connectivity index (χ0) is 29.1. The van der Waals surface area contributed by atoms with E-state index in [1.54, 1.807) is 60.9 Å². The van der Waals surface area contributed by atoms with Crippen LogP contribution in [0.1, 0.15) is 15.9 Å². The third kappa shape index (κ3) is 7.57. The molecule has 0 aliphatic rings. The number of carbonyl (C=O) groups is 2. The molecular weight excluding hydrogens is 530 g/mol. The van der Waals surface area contributed by atoms with Gasteiger partial charge in [-0.25, -0.2) is 4.79 Å². The van der Waals surface area contributed by atoms with Crippen molar-refractivity contribution < 1.29 is 24.2 Å². The van der Waals surface area contributed by atoms with E-state index in [4.69, 9.17) is 9.47 Å². The van der Waals surface area contributed by atoms with Crippen LogP contribution in [0.25, 0.3) is 22.5 Å². The van der Waals surface area contributed by atoms with Crippen LogP contribution in [0.5, 0.6) is 11.5 Å². The molecule has 210 valence electrons. The molecule has 2 N–H and O–H groups in total. The zero-order valence-corrected chi connectivity index (χ0v) is 22.7. The van der Waals surface area contributed by atoms with Crippen LogP contribution in [0, 0.1) is 0 Å². The number of carboxylic acids is 1. The van der Waals surface area contributed by atoms with E-state index in [-0.39, 0.29) is 18.9 Å². The number of nitrogens with zero attached hydrogens (tertiary/aromatic N) is 2. The molecule has 0 saturated carbocycles. The quantitative estimate of drug-likeness (QED) is 0.189. The fraction of sp³-hybridized carbons (Fsp3) is 0.118.